The fourth-order valence-corrected chi connectivity index (χ4v) is 5.14. The van der Waals surface area contributed by atoms with Crippen molar-refractivity contribution in [3.8, 4) is 17.2 Å². The van der Waals surface area contributed by atoms with Gasteiger partial charge in [0.25, 0.3) is 5.91 Å². The number of nitrogens with zero attached hydrogens (tertiary/aromatic N) is 3. The normalized spacial score (nSPS) is 14.1. The van der Waals surface area contributed by atoms with Gasteiger partial charge in [0.15, 0.2) is 5.13 Å². The Kier molecular flexibility index (Phi) is 7.11. The van der Waals surface area contributed by atoms with Crippen molar-refractivity contribution in [2.75, 3.05) is 51.3 Å². The average molecular weight is 489 g/mol. The van der Waals surface area contributed by atoms with E-state index in [4.69, 9.17) is 14.5 Å². The van der Waals surface area contributed by atoms with E-state index in [0.717, 1.165) is 53.8 Å². The summed E-state index contributed by atoms with van der Waals surface area (Å²) in [5.74, 6) is 1.99. The van der Waals surface area contributed by atoms with Crippen molar-refractivity contribution in [3.05, 3.63) is 78.4 Å². The van der Waals surface area contributed by atoms with E-state index in [9.17, 15) is 4.79 Å². The largest absolute Gasteiger partial charge is 0.497 e. The van der Waals surface area contributed by atoms with Gasteiger partial charge in [-0.25, -0.2) is 4.98 Å². The minimum atomic E-state index is -0.125. The molecule has 1 N–H and O–H groups in total. The van der Waals surface area contributed by atoms with Crippen LogP contribution in [0, 0.1) is 0 Å². The van der Waals surface area contributed by atoms with Crippen LogP contribution in [0.1, 0.15) is 10.4 Å². The predicted octanol–water partition coefficient (Wildman–Crippen LogP) is 4.65. The highest BCUT2D eigenvalue weighted by molar-refractivity contribution is 7.22. The number of benzene rings is 3. The van der Waals surface area contributed by atoms with Crippen molar-refractivity contribution in [2.24, 2.45) is 0 Å². The Bertz CT molecular complexity index is 1290. The highest BCUT2D eigenvalue weighted by Crippen LogP contribution is 2.32. The standard InChI is InChI=1S/C27H28N4O3S/c1-33-21-11-12-23-25(19-21)35-27(29-23)31-17-15-30(16-18-31)14-13-28-26(32)22-9-5-6-10-24(22)34-20-7-3-2-4-8-20/h2-12,19H,13-18H2,1H3,(H,28,32). The van der Waals surface area contributed by atoms with E-state index in [1.54, 1.807) is 24.5 Å². The molecule has 1 aromatic heterocycles. The number of aromatic nitrogens is 1. The summed E-state index contributed by atoms with van der Waals surface area (Å²) in [5, 5.41) is 4.10. The van der Waals surface area contributed by atoms with Crippen LogP contribution in [0.2, 0.25) is 0 Å². The lowest BCUT2D eigenvalue weighted by Crippen LogP contribution is -2.48. The van der Waals surface area contributed by atoms with Gasteiger partial charge in [-0.05, 0) is 42.5 Å². The number of methoxy groups -OCH3 is 1. The third kappa shape index (κ3) is 5.55. The lowest BCUT2D eigenvalue weighted by atomic mass is 10.2. The molecule has 0 atom stereocenters. The molecule has 8 heteroatoms. The van der Waals surface area contributed by atoms with E-state index in [0.29, 0.717) is 23.6 Å². The molecule has 0 bridgehead atoms. The minimum absolute atomic E-state index is 0.125. The van der Waals surface area contributed by atoms with Gasteiger partial charge < -0.3 is 19.7 Å². The zero-order chi connectivity index (χ0) is 24.0. The second-order valence-electron chi connectivity index (χ2n) is 8.33. The Morgan fingerprint density at radius 1 is 0.971 bits per heavy atom. The molecule has 35 heavy (non-hydrogen) atoms. The number of fused-ring (bicyclic) bond motifs is 1. The predicted molar refractivity (Wildman–Crippen MR) is 140 cm³/mol. The number of carbonyl (C=O) groups is 1. The van der Waals surface area contributed by atoms with Gasteiger partial charge in [-0.15, -0.1) is 0 Å². The fraction of sp³-hybridized carbons (Fsp3) is 0.259. The lowest BCUT2D eigenvalue weighted by Gasteiger charge is -2.34. The molecule has 180 valence electrons. The molecule has 0 spiro atoms. The summed E-state index contributed by atoms with van der Waals surface area (Å²) in [6.45, 7) is 5.08. The number of piperazine rings is 1. The summed E-state index contributed by atoms with van der Waals surface area (Å²) in [5.41, 5.74) is 1.54. The van der Waals surface area contributed by atoms with Crippen molar-refractivity contribution in [1.29, 1.82) is 0 Å². The Labute approximate surface area is 208 Å². The molecule has 0 aliphatic carbocycles. The van der Waals surface area contributed by atoms with Crippen LogP contribution in [0.3, 0.4) is 0 Å². The maximum atomic E-state index is 12.8. The van der Waals surface area contributed by atoms with E-state index in [1.165, 1.54) is 0 Å². The van der Waals surface area contributed by atoms with Gasteiger partial charge >= 0.3 is 0 Å². The fourth-order valence-electron chi connectivity index (χ4n) is 4.10. The number of anilines is 1. The molecular weight excluding hydrogens is 460 g/mol. The third-order valence-corrected chi connectivity index (χ3v) is 7.12. The van der Waals surface area contributed by atoms with E-state index in [1.807, 2.05) is 66.7 Å². The van der Waals surface area contributed by atoms with Crippen LogP contribution in [0.4, 0.5) is 5.13 Å². The van der Waals surface area contributed by atoms with E-state index in [-0.39, 0.29) is 5.91 Å². The Morgan fingerprint density at radius 3 is 2.54 bits per heavy atom. The zero-order valence-corrected chi connectivity index (χ0v) is 20.5. The maximum Gasteiger partial charge on any atom is 0.255 e. The van der Waals surface area contributed by atoms with E-state index < -0.39 is 0 Å². The molecule has 1 aliphatic rings. The quantitative estimate of drug-likeness (QED) is 0.390. The second kappa shape index (κ2) is 10.8. The molecule has 3 aromatic carbocycles. The lowest BCUT2D eigenvalue weighted by molar-refractivity contribution is 0.0945. The minimum Gasteiger partial charge on any atom is -0.497 e. The van der Waals surface area contributed by atoms with Crippen LogP contribution in [-0.4, -0.2) is 62.2 Å². The number of ether oxygens (including phenoxy) is 2. The molecular formula is C27H28N4O3S. The van der Waals surface area contributed by atoms with Crippen LogP contribution in [0.15, 0.2) is 72.8 Å². The van der Waals surface area contributed by atoms with Crippen molar-refractivity contribution in [1.82, 2.24) is 15.2 Å². The summed E-state index contributed by atoms with van der Waals surface area (Å²) in [6, 6.07) is 22.8. The number of hydrogen-bond donors (Lipinski definition) is 1. The van der Waals surface area contributed by atoms with Crippen LogP contribution >= 0.6 is 11.3 Å². The molecule has 0 saturated carbocycles. The van der Waals surface area contributed by atoms with E-state index >= 15 is 0 Å². The summed E-state index contributed by atoms with van der Waals surface area (Å²) in [4.78, 5) is 22.3. The molecule has 2 heterocycles. The number of thiazole rings is 1. The monoisotopic (exact) mass is 488 g/mol. The number of carbonyl (C=O) groups excluding carboxylic acids is 1. The number of nitrogens with one attached hydrogen (secondary N) is 1. The summed E-state index contributed by atoms with van der Waals surface area (Å²) in [6.07, 6.45) is 0. The first-order valence-corrected chi connectivity index (χ1v) is 12.5. The number of hydrogen-bond acceptors (Lipinski definition) is 7. The van der Waals surface area contributed by atoms with Gasteiger partial charge in [0.05, 0.1) is 22.9 Å². The van der Waals surface area contributed by atoms with E-state index in [2.05, 4.69) is 15.1 Å². The summed E-state index contributed by atoms with van der Waals surface area (Å²) >= 11 is 1.70. The average Bonchev–Trinajstić information content (AvgIpc) is 3.33. The van der Waals surface area contributed by atoms with Gasteiger partial charge in [0, 0.05) is 39.3 Å². The molecule has 5 rings (SSSR count). The Morgan fingerprint density at radius 2 is 1.74 bits per heavy atom. The van der Waals surface area contributed by atoms with Crippen LogP contribution in [-0.2, 0) is 0 Å². The first-order valence-electron chi connectivity index (χ1n) is 11.7. The van der Waals surface area contributed by atoms with Gasteiger partial charge in [0.1, 0.15) is 17.2 Å². The molecule has 1 fully saturated rings. The molecule has 1 saturated heterocycles. The van der Waals surface area contributed by atoms with Gasteiger partial charge in [-0.2, -0.15) is 0 Å². The Hall–Kier alpha value is -3.62. The SMILES string of the molecule is COc1ccc2nc(N3CCN(CCNC(=O)c4ccccc4Oc4ccccc4)CC3)sc2c1. The molecule has 0 radical (unpaired) electrons. The highest BCUT2D eigenvalue weighted by Gasteiger charge is 2.20. The van der Waals surface area contributed by atoms with Gasteiger partial charge in [-0.1, -0.05) is 41.7 Å². The first kappa shape index (κ1) is 23.1. The van der Waals surface area contributed by atoms with Crippen LogP contribution in [0.25, 0.3) is 10.2 Å². The second-order valence-corrected chi connectivity index (χ2v) is 9.34. The van der Waals surface area contributed by atoms with Gasteiger partial charge in [-0.3, -0.25) is 9.69 Å². The Balaban J connectivity index is 1.11. The van der Waals surface area contributed by atoms with Crippen molar-refractivity contribution < 1.29 is 14.3 Å². The van der Waals surface area contributed by atoms with Crippen molar-refractivity contribution in [2.45, 2.75) is 0 Å². The number of amides is 1. The first-order chi connectivity index (χ1) is 17.2. The smallest absolute Gasteiger partial charge is 0.255 e. The topological polar surface area (TPSA) is 66.9 Å². The molecule has 7 nitrogen and oxygen atoms in total. The third-order valence-electron chi connectivity index (χ3n) is 6.04. The molecule has 1 amide bonds. The van der Waals surface area contributed by atoms with Crippen molar-refractivity contribution >= 4 is 32.6 Å². The number of para-hydroxylation sites is 2. The highest BCUT2D eigenvalue weighted by atomic mass is 32.1. The molecule has 1 aliphatic heterocycles. The van der Waals surface area contributed by atoms with Crippen LogP contribution in [0.5, 0.6) is 17.2 Å². The summed E-state index contributed by atoms with van der Waals surface area (Å²) in [7, 11) is 1.68. The van der Waals surface area contributed by atoms with Gasteiger partial charge in [0.2, 0.25) is 0 Å². The van der Waals surface area contributed by atoms with Crippen molar-refractivity contribution in [3.63, 3.8) is 0 Å². The molecule has 0 unspecified atom stereocenters. The maximum absolute atomic E-state index is 12.8. The van der Waals surface area contributed by atoms with Crippen LogP contribution < -0.4 is 19.7 Å². The molecule has 4 aromatic rings. The summed E-state index contributed by atoms with van der Waals surface area (Å²) < 4.78 is 12.4. The number of rotatable bonds is 8. The zero-order valence-electron chi connectivity index (χ0n) is 19.6.